The van der Waals surface area contributed by atoms with Gasteiger partial charge in [-0.25, -0.2) is 0 Å². The number of halogens is 4. The highest BCUT2D eigenvalue weighted by Crippen LogP contribution is 2.36. The average molecular weight is 268 g/mol. The van der Waals surface area contributed by atoms with Gasteiger partial charge in [-0.3, -0.25) is 0 Å². The molecule has 2 nitrogen and oxygen atoms in total. The molecule has 0 spiro atoms. The van der Waals surface area contributed by atoms with Gasteiger partial charge in [0, 0.05) is 12.2 Å². The van der Waals surface area contributed by atoms with Crippen LogP contribution in [0, 0.1) is 0 Å². The van der Waals surface area contributed by atoms with Gasteiger partial charge in [0.2, 0.25) is 0 Å². The number of nitrogens with one attached hydrogen (secondary N) is 1. The zero-order chi connectivity index (χ0) is 13.3. The summed E-state index contributed by atoms with van der Waals surface area (Å²) in [4.78, 5) is 0. The number of alkyl halides is 3. The van der Waals surface area contributed by atoms with Crippen molar-refractivity contribution in [2.45, 2.75) is 25.6 Å². The van der Waals surface area contributed by atoms with Crippen LogP contribution in [0.2, 0.25) is 5.02 Å². The predicted molar refractivity (Wildman–Crippen MR) is 61.2 cm³/mol. The molecule has 0 saturated carbocycles. The average Bonchev–Trinajstić information content (AvgIpc) is 2.13. The number of rotatable bonds is 3. The Morgan fingerprint density at radius 1 is 1.29 bits per heavy atom. The monoisotopic (exact) mass is 267 g/mol. The Labute approximate surface area is 102 Å². The smallest absolute Gasteiger partial charge is 0.389 e. The van der Waals surface area contributed by atoms with Gasteiger partial charge in [-0.15, -0.1) is 0 Å². The number of benzene rings is 1. The molecule has 0 bridgehead atoms. The van der Waals surface area contributed by atoms with E-state index in [4.69, 9.17) is 11.6 Å². The lowest BCUT2D eigenvalue weighted by molar-refractivity contribution is -0.137. The summed E-state index contributed by atoms with van der Waals surface area (Å²) in [7, 11) is 0. The summed E-state index contributed by atoms with van der Waals surface area (Å²) < 4.78 is 37.6. The lowest BCUT2D eigenvalue weighted by Crippen LogP contribution is -2.29. The molecule has 0 heterocycles. The van der Waals surface area contributed by atoms with Crippen molar-refractivity contribution < 1.29 is 18.3 Å². The van der Waals surface area contributed by atoms with E-state index < -0.39 is 17.3 Å². The quantitative estimate of drug-likeness (QED) is 0.878. The van der Waals surface area contributed by atoms with Crippen LogP contribution < -0.4 is 5.32 Å². The fourth-order valence-corrected chi connectivity index (χ4v) is 1.40. The molecule has 96 valence electrons. The minimum Gasteiger partial charge on any atom is -0.389 e. The molecule has 2 N–H and O–H groups in total. The van der Waals surface area contributed by atoms with Crippen molar-refractivity contribution in [2.24, 2.45) is 0 Å². The van der Waals surface area contributed by atoms with E-state index in [1.54, 1.807) is 13.8 Å². The van der Waals surface area contributed by atoms with Crippen LogP contribution in [0.15, 0.2) is 18.2 Å². The third kappa shape index (κ3) is 4.44. The topological polar surface area (TPSA) is 32.3 Å². The highest BCUT2D eigenvalue weighted by Gasteiger charge is 2.33. The highest BCUT2D eigenvalue weighted by molar-refractivity contribution is 6.31. The van der Waals surface area contributed by atoms with Crippen molar-refractivity contribution in [1.29, 1.82) is 0 Å². The van der Waals surface area contributed by atoms with Crippen LogP contribution in [0.3, 0.4) is 0 Å². The third-order valence-corrected chi connectivity index (χ3v) is 2.33. The summed E-state index contributed by atoms with van der Waals surface area (Å²) in [5, 5.41) is 11.8. The normalized spacial score (nSPS) is 12.6. The third-order valence-electron chi connectivity index (χ3n) is 2.00. The van der Waals surface area contributed by atoms with Crippen LogP contribution in [-0.2, 0) is 6.18 Å². The van der Waals surface area contributed by atoms with Crippen LogP contribution in [-0.4, -0.2) is 17.3 Å². The summed E-state index contributed by atoms with van der Waals surface area (Å²) in [5.41, 5.74) is -1.62. The molecule has 0 saturated heterocycles. The molecule has 0 aromatic heterocycles. The Balaban J connectivity index is 2.90. The van der Waals surface area contributed by atoms with Gasteiger partial charge in [-0.05, 0) is 32.0 Å². The molecule has 0 aliphatic rings. The first-order chi connectivity index (χ1) is 7.59. The summed E-state index contributed by atoms with van der Waals surface area (Å²) in [6.45, 7) is 3.26. The maximum atomic E-state index is 12.5. The zero-order valence-corrected chi connectivity index (χ0v) is 10.2. The van der Waals surface area contributed by atoms with E-state index in [-0.39, 0.29) is 17.3 Å². The second-order valence-electron chi connectivity index (χ2n) is 4.36. The van der Waals surface area contributed by atoms with Crippen LogP contribution in [0.4, 0.5) is 18.9 Å². The lowest BCUT2D eigenvalue weighted by Gasteiger charge is -2.19. The van der Waals surface area contributed by atoms with E-state index in [2.05, 4.69) is 5.32 Å². The van der Waals surface area contributed by atoms with Gasteiger partial charge in [0.15, 0.2) is 0 Å². The lowest BCUT2D eigenvalue weighted by atomic mass is 10.1. The van der Waals surface area contributed by atoms with Gasteiger partial charge in [-0.1, -0.05) is 11.6 Å². The summed E-state index contributed by atoms with van der Waals surface area (Å²) in [6.07, 6.45) is -4.48. The summed E-state index contributed by atoms with van der Waals surface area (Å²) in [6, 6.07) is 3.54. The van der Waals surface area contributed by atoms with Gasteiger partial charge in [0.25, 0.3) is 0 Å². The molecule has 0 unspecified atom stereocenters. The van der Waals surface area contributed by atoms with Crippen molar-refractivity contribution in [3.63, 3.8) is 0 Å². The van der Waals surface area contributed by atoms with Crippen molar-refractivity contribution in [3.8, 4) is 0 Å². The van der Waals surface area contributed by atoms with E-state index in [0.717, 1.165) is 6.07 Å². The molecular weight excluding hydrogens is 255 g/mol. The van der Waals surface area contributed by atoms with Crippen LogP contribution in [0.5, 0.6) is 0 Å². The number of hydrogen-bond donors (Lipinski definition) is 2. The Morgan fingerprint density at radius 3 is 2.35 bits per heavy atom. The first-order valence-electron chi connectivity index (χ1n) is 4.92. The zero-order valence-electron chi connectivity index (χ0n) is 9.40. The second kappa shape index (κ2) is 4.74. The fraction of sp³-hybridized carbons (Fsp3) is 0.455. The van der Waals surface area contributed by atoms with Gasteiger partial charge < -0.3 is 10.4 Å². The fourth-order valence-electron chi connectivity index (χ4n) is 1.17. The Morgan fingerprint density at radius 2 is 1.88 bits per heavy atom. The molecule has 17 heavy (non-hydrogen) atoms. The maximum Gasteiger partial charge on any atom is 0.417 e. The van der Waals surface area contributed by atoms with Crippen molar-refractivity contribution in [3.05, 3.63) is 28.8 Å². The molecule has 6 heteroatoms. The number of hydrogen-bond acceptors (Lipinski definition) is 2. The minimum absolute atomic E-state index is 0.145. The molecule has 1 rings (SSSR count). The van der Waals surface area contributed by atoms with Gasteiger partial charge >= 0.3 is 6.18 Å². The molecular formula is C11H13ClF3NO. The Hall–Kier alpha value is -0.940. The standard InChI is InChI=1S/C11H13ClF3NO/c1-10(2,17)6-16-7-3-4-9(12)8(5-7)11(13,14)15/h3-5,16-17H,6H2,1-2H3. The molecule has 0 aliphatic heterocycles. The SMILES string of the molecule is CC(C)(O)CNc1ccc(Cl)c(C(F)(F)F)c1. The second-order valence-corrected chi connectivity index (χ2v) is 4.77. The Bertz CT molecular complexity index is 399. The molecule has 1 aromatic rings. The Kier molecular flexibility index (Phi) is 3.94. The van der Waals surface area contributed by atoms with E-state index >= 15 is 0 Å². The molecule has 0 radical (unpaired) electrons. The van der Waals surface area contributed by atoms with Crippen LogP contribution in [0.1, 0.15) is 19.4 Å². The molecule has 0 aliphatic carbocycles. The van der Waals surface area contributed by atoms with Gasteiger partial charge in [0.1, 0.15) is 0 Å². The molecule has 0 atom stereocenters. The van der Waals surface area contributed by atoms with E-state index in [1.165, 1.54) is 12.1 Å². The first kappa shape index (κ1) is 14.1. The summed E-state index contributed by atoms with van der Waals surface area (Å²) >= 11 is 5.47. The van der Waals surface area contributed by atoms with Crippen LogP contribution in [0.25, 0.3) is 0 Å². The van der Waals surface area contributed by atoms with E-state index in [9.17, 15) is 18.3 Å². The largest absolute Gasteiger partial charge is 0.417 e. The predicted octanol–water partition coefficient (Wildman–Crippen LogP) is 3.54. The van der Waals surface area contributed by atoms with Crippen molar-refractivity contribution >= 4 is 17.3 Å². The summed E-state index contributed by atoms with van der Waals surface area (Å²) in [5.74, 6) is 0. The van der Waals surface area contributed by atoms with Crippen molar-refractivity contribution in [2.75, 3.05) is 11.9 Å². The first-order valence-corrected chi connectivity index (χ1v) is 5.30. The minimum atomic E-state index is -4.48. The van der Waals surface area contributed by atoms with Gasteiger partial charge in [-0.2, -0.15) is 13.2 Å². The number of anilines is 1. The maximum absolute atomic E-state index is 12.5. The van der Waals surface area contributed by atoms with E-state index in [0.29, 0.717) is 0 Å². The highest BCUT2D eigenvalue weighted by atomic mass is 35.5. The molecule has 0 amide bonds. The molecule has 1 aromatic carbocycles. The van der Waals surface area contributed by atoms with Crippen molar-refractivity contribution in [1.82, 2.24) is 0 Å². The number of aliphatic hydroxyl groups is 1. The van der Waals surface area contributed by atoms with E-state index in [1.807, 2.05) is 0 Å². The van der Waals surface area contributed by atoms with Crippen LogP contribution >= 0.6 is 11.6 Å². The van der Waals surface area contributed by atoms with Gasteiger partial charge in [0.05, 0.1) is 16.2 Å². The molecule has 0 fully saturated rings.